The number of carbonyl (C=O) groups is 2. The summed E-state index contributed by atoms with van der Waals surface area (Å²) in [5.74, 6) is -2.44. The van der Waals surface area contributed by atoms with Crippen molar-refractivity contribution in [2.75, 3.05) is 10.4 Å². The van der Waals surface area contributed by atoms with Crippen LogP contribution in [0.4, 0.5) is 17.1 Å². The standard InChI is InChI=1S/C18H16N2.C5H6O4/c1-4-10-16(11-5-1)19-20(17-12-6-2-7-13-17)18-14-8-3-9-15-18;1-3(5(8)9)2-4(6)7/h1-15,19H;1-2H2,(H,6,7)(H,8,9). The van der Waals surface area contributed by atoms with Crippen LogP contribution in [0, 0.1) is 0 Å². The van der Waals surface area contributed by atoms with Crippen molar-refractivity contribution in [3.63, 3.8) is 0 Å². The fraction of sp³-hybridized carbons (Fsp3) is 0.0435. The van der Waals surface area contributed by atoms with Gasteiger partial charge in [0.15, 0.2) is 0 Å². The average molecular weight is 390 g/mol. The normalized spacial score (nSPS) is 9.52. The summed E-state index contributed by atoms with van der Waals surface area (Å²) >= 11 is 0. The number of para-hydroxylation sites is 3. The Labute approximate surface area is 169 Å². The topological polar surface area (TPSA) is 89.9 Å². The third-order valence-corrected chi connectivity index (χ3v) is 3.71. The molecule has 3 rings (SSSR count). The van der Waals surface area contributed by atoms with Crippen LogP contribution >= 0.6 is 0 Å². The van der Waals surface area contributed by atoms with E-state index in [9.17, 15) is 9.59 Å². The second-order valence-corrected chi connectivity index (χ2v) is 5.96. The van der Waals surface area contributed by atoms with E-state index in [0.717, 1.165) is 17.1 Å². The molecule has 0 unspecified atom stereocenters. The number of hydrazine groups is 1. The van der Waals surface area contributed by atoms with Gasteiger partial charge in [0.05, 0.1) is 23.5 Å². The van der Waals surface area contributed by atoms with Crippen molar-refractivity contribution in [2.24, 2.45) is 0 Å². The number of hydrogen-bond acceptors (Lipinski definition) is 4. The summed E-state index contributed by atoms with van der Waals surface area (Å²) in [6, 6.07) is 30.7. The van der Waals surface area contributed by atoms with Crippen molar-refractivity contribution in [2.45, 2.75) is 6.42 Å². The molecule has 0 atom stereocenters. The number of nitrogens with zero attached hydrogens (tertiary/aromatic N) is 1. The summed E-state index contributed by atoms with van der Waals surface area (Å²) in [6.45, 7) is 3.01. The molecule has 0 aliphatic carbocycles. The zero-order valence-electron chi connectivity index (χ0n) is 15.7. The second kappa shape index (κ2) is 10.9. The molecule has 3 aromatic carbocycles. The van der Waals surface area contributed by atoms with Gasteiger partial charge in [-0.1, -0.05) is 61.2 Å². The summed E-state index contributed by atoms with van der Waals surface area (Å²) in [6.07, 6.45) is -0.505. The maximum Gasteiger partial charge on any atom is 0.331 e. The van der Waals surface area contributed by atoms with E-state index < -0.39 is 18.4 Å². The summed E-state index contributed by atoms with van der Waals surface area (Å²) < 4.78 is 0. The monoisotopic (exact) mass is 390 g/mol. The number of aliphatic carboxylic acids is 2. The smallest absolute Gasteiger partial charge is 0.331 e. The van der Waals surface area contributed by atoms with Crippen LogP contribution in [-0.2, 0) is 9.59 Å². The first-order valence-electron chi connectivity index (χ1n) is 8.82. The van der Waals surface area contributed by atoms with E-state index >= 15 is 0 Å². The number of rotatable bonds is 7. The van der Waals surface area contributed by atoms with Gasteiger partial charge in [0.2, 0.25) is 0 Å². The lowest BCUT2D eigenvalue weighted by atomic mass is 10.2. The van der Waals surface area contributed by atoms with Gasteiger partial charge < -0.3 is 10.2 Å². The Morgan fingerprint density at radius 2 is 1.17 bits per heavy atom. The van der Waals surface area contributed by atoms with Crippen LogP contribution < -0.4 is 10.4 Å². The zero-order chi connectivity index (χ0) is 21.1. The lowest BCUT2D eigenvalue weighted by Gasteiger charge is -2.26. The number of carboxylic acid groups (broad SMARTS) is 2. The number of nitrogens with one attached hydrogen (secondary N) is 1. The Hall–Kier alpha value is -4.06. The number of carboxylic acids is 2. The molecule has 0 heterocycles. The predicted octanol–water partition coefficient (Wildman–Crippen LogP) is 4.95. The van der Waals surface area contributed by atoms with Crippen LogP contribution in [0.25, 0.3) is 0 Å². The third kappa shape index (κ3) is 7.22. The molecule has 0 spiro atoms. The molecule has 148 valence electrons. The van der Waals surface area contributed by atoms with Crippen LogP contribution in [0.3, 0.4) is 0 Å². The first-order valence-corrected chi connectivity index (χ1v) is 8.82. The Morgan fingerprint density at radius 1 is 0.759 bits per heavy atom. The maximum atomic E-state index is 9.87. The lowest BCUT2D eigenvalue weighted by Crippen LogP contribution is -2.24. The first-order chi connectivity index (χ1) is 14.0. The van der Waals surface area contributed by atoms with E-state index in [1.165, 1.54) is 0 Å². The average Bonchev–Trinajstić information content (AvgIpc) is 2.74. The van der Waals surface area contributed by atoms with Crippen molar-refractivity contribution in [3.05, 3.63) is 103 Å². The SMILES string of the molecule is C=C(CC(=O)O)C(=O)O.c1ccc(NN(c2ccccc2)c2ccccc2)cc1. The van der Waals surface area contributed by atoms with Crippen molar-refractivity contribution >= 4 is 29.0 Å². The lowest BCUT2D eigenvalue weighted by molar-refractivity contribution is -0.139. The minimum Gasteiger partial charge on any atom is -0.481 e. The van der Waals surface area contributed by atoms with Gasteiger partial charge in [-0.3, -0.25) is 15.2 Å². The molecule has 0 aromatic heterocycles. The molecule has 0 saturated carbocycles. The number of hydrogen-bond donors (Lipinski definition) is 3. The van der Waals surface area contributed by atoms with Crippen LogP contribution in [0.1, 0.15) is 6.42 Å². The van der Waals surface area contributed by atoms with Gasteiger partial charge in [-0.15, -0.1) is 0 Å². The van der Waals surface area contributed by atoms with E-state index in [-0.39, 0.29) is 5.57 Å². The van der Waals surface area contributed by atoms with Crippen LogP contribution in [0.2, 0.25) is 0 Å². The number of benzene rings is 3. The van der Waals surface area contributed by atoms with Crippen LogP contribution in [0.15, 0.2) is 103 Å². The van der Waals surface area contributed by atoms with Crippen molar-refractivity contribution in [1.82, 2.24) is 0 Å². The molecular formula is C23H22N2O4. The van der Waals surface area contributed by atoms with Crippen molar-refractivity contribution in [3.8, 4) is 0 Å². The molecule has 0 saturated heterocycles. The van der Waals surface area contributed by atoms with Gasteiger partial charge in [-0.25, -0.2) is 4.79 Å². The molecule has 29 heavy (non-hydrogen) atoms. The van der Waals surface area contributed by atoms with Gasteiger partial charge in [0, 0.05) is 5.57 Å². The Balaban J connectivity index is 0.000000284. The summed E-state index contributed by atoms with van der Waals surface area (Å²) in [4.78, 5) is 19.7. The van der Waals surface area contributed by atoms with Gasteiger partial charge in [0.1, 0.15) is 0 Å². The summed E-state index contributed by atoms with van der Waals surface area (Å²) in [7, 11) is 0. The Kier molecular flexibility index (Phi) is 8.01. The van der Waals surface area contributed by atoms with E-state index in [1.807, 2.05) is 54.6 Å². The molecule has 0 aliphatic rings. The number of anilines is 3. The Bertz CT molecular complexity index is 889. The quantitative estimate of drug-likeness (QED) is 0.390. The summed E-state index contributed by atoms with van der Waals surface area (Å²) in [5, 5.41) is 18.2. The fourth-order valence-corrected chi connectivity index (χ4v) is 2.33. The van der Waals surface area contributed by atoms with Crippen LogP contribution in [0.5, 0.6) is 0 Å². The van der Waals surface area contributed by atoms with E-state index in [2.05, 4.69) is 53.4 Å². The molecule has 6 nitrogen and oxygen atoms in total. The fourth-order valence-electron chi connectivity index (χ4n) is 2.33. The van der Waals surface area contributed by atoms with Gasteiger partial charge in [-0.05, 0) is 36.4 Å². The van der Waals surface area contributed by atoms with Crippen molar-refractivity contribution in [1.29, 1.82) is 0 Å². The van der Waals surface area contributed by atoms with Gasteiger partial charge in [-0.2, -0.15) is 0 Å². The molecule has 0 amide bonds. The highest BCUT2D eigenvalue weighted by molar-refractivity contribution is 5.91. The first kappa shape index (κ1) is 21.2. The molecule has 0 bridgehead atoms. The zero-order valence-corrected chi connectivity index (χ0v) is 15.7. The molecule has 3 aromatic rings. The van der Waals surface area contributed by atoms with Crippen LogP contribution in [-0.4, -0.2) is 22.2 Å². The highest BCUT2D eigenvalue weighted by Gasteiger charge is 2.08. The summed E-state index contributed by atoms with van der Waals surface area (Å²) in [5.41, 5.74) is 6.40. The highest BCUT2D eigenvalue weighted by Crippen LogP contribution is 2.25. The molecule has 6 heteroatoms. The van der Waals surface area contributed by atoms with Gasteiger partial charge >= 0.3 is 11.9 Å². The van der Waals surface area contributed by atoms with Gasteiger partial charge in [0.25, 0.3) is 0 Å². The van der Waals surface area contributed by atoms with E-state index in [1.54, 1.807) is 0 Å². The third-order valence-electron chi connectivity index (χ3n) is 3.71. The molecule has 0 radical (unpaired) electrons. The van der Waals surface area contributed by atoms with E-state index in [0.29, 0.717) is 0 Å². The molecule has 0 fully saturated rings. The highest BCUT2D eigenvalue weighted by atomic mass is 16.4. The molecular weight excluding hydrogens is 368 g/mol. The largest absolute Gasteiger partial charge is 0.481 e. The minimum atomic E-state index is -1.27. The second-order valence-electron chi connectivity index (χ2n) is 5.96. The molecule has 0 aliphatic heterocycles. The molecule has 3 N–H and O–H groups in total. The Morgan fingerprint density at radius 3 is 1.52 bits per heavy atom. The van der Waals surface area contributed by atoms with Crippen molar-refractivity contribution < 1.29 is 19.8 Å². The maximum absolute atomic E-state index is 9.87. The van der Waals surface area contributed by atoms with E-state index in [4.69, 9.17) is 10.2 Å². The minimum absolute atomic E-state index is 0.303. The predicted molar refractivity (Wildman–Crippen MR) is 114 cm³/mol.